The normalized spacial score (nSPS) is 9.94. The van der Waals surface area contributed by atoms with Gasteiger partial charge in [-0.3, -0.25) is 4.98 Å². The fourth-order valence-corrected chi connectivity index (χ4v) is 1.86. The molecule has 2 rings (SSSR count). The number of pyridine rings is 1. The summed E-state index contributed by atoms with van der Waals surface area (Å²) < 4.78 is 0. The maximum Gasteiger partial charge on any atom is 0.101 e. The van der Waals surface area contributed by atoms with Gasteiger partial charge in [0.05, 0.1) is 5.56 Å². The van der Waals surface area contributed by atoms with Gasteiger partial charge in [-0.25, -0.2) is 0 Å². The van der Waals surface area contributed by atoms with E-state index in [4.69, 9.17) is 22.6 Å². The van der Waals surface area contributed by atoms with Crippen molar-refractivity contribution in [2.75, 3.05) is 0 Å². The van der Waals surface area contributed by atoms with E-state index in [9.17, 15) is 0 Å². The highest BCUT2D eigenvalue weighted by atomic mass is 35.5. The highest BCUT2D eigenvalue weighted by molar-refractivity contribution is 6.30. The molecule has 3 nitrogen and oxygen atoms in total. The van der Waals surface area contributed by atoms with Crippen LogP contribution >= 0.6 is 11.6 Å². The number of nitrogens with two attached hydrogens (primary N) is 1. The zero-order valence-electron chi connectivity index (χ0n) is 9.02. The maximum atomic E-state index is 8.84. The molecule has 1 heterocycles. The number of hydrogen-bond acceptors (Lipinski definition) is 3. The standard InChI is InChI=1S/C13H10ClN3/c14-12-1-2-13(10(4-12)6-16)11-3-9(5-15)7-17-8-11/h1-4,7-8H,6,16H2. The summed E-state index contributed by atoms with van der Waals surface area (Å²) in [4.78, 5) is 4.03. The average Bonchev–Trinajstić information content (AvgIpc) is 2.38. The molecule has 1 aromatic carbocycles. The van der Waals surface area contributed by atoms with E-state index in [1.807, 2.05) is 12.1 Å². The van der Waals surface area contributed by atoms with E-state index in [-0.39, 0.29) is 0 Å². The summed E-state index contributed by atoms with van der Waals surface area (Å²) in [6.45, 7) is 0.396. The van der Waals surface area contributed by atoms with Crippen LogP contribution in [0.4, 0.5) is 0 Å². The van der Waals surface area contributed by atoms with Gasteiger partial charge in [0.15, 0.2) is 0 Å². The Balaban J connectivity index is 2.56. The minimum Gasteiger partial charge on any atom is -0.326 e. The molecule has 0 atom stereocenters. The lowest BCUT2D eigenvalue weighted by molar-refractivity contribution is 1.07. The molecule has 1 aromatic heterocycles. The predicted molar refractivity (Wildman–Crippen MR) is 67.3 cm³/mol. The molecule has 17 heavy (non-hydrogen) atoms. The van der Waals surface area contributed by atoms with Gasteiger partial charge in [0.2, 0.25) is 0 Å². The first-order chi connectivity index (χ1) is 8.24. The molecule has 0 saturated heterocycles. The lowest BCUT2D eigenvalue weighted by Crippen LogP contribution is -1.99. The highest BCUT2D eigenvalue weighted by Crippen LogP contribution is 2.26. The third-order valence-corrected chi connectivity index (χ3v) is 2.70. The third kappa shape index (κ3) is 2.44. The number of hydrogen-bond donors (Lipinski definition) is 1. The van der Waals surface area contributed by atoms with Gasteiger partial charge in [-0.2, -0.15) is 5.26 Å². The van der Waals surface area contributed by atoms with Gasteiger partial charge in [-0.15, -0.1) is 0 Å². The van der Waals surface area contributed by atoms with E-state index in [0.717, 1.165) is 16.7 Å². The Morgan fingerprint density at radius 2 is 2.12 bits per heavy atom. The average molecular weight is 244 g/mol. The first-order valence-corrected chi connectivity index (χ1v) is 5.46. The molecule has 0 spiro atoms. The van der Waals surface area contributed by atoms with Crippen molar-refractivity contribution in [2.45, 2.75) is 6.54 Å². The Bertz CT molecular complexity index is 587. The van der Waals surface area contributed by atoms with Crippen LogP contribution in [-0.2, 0) is 6.54 Å². The fraction of sp³-hybridized carbons (Fsp3) is 0.0769. The Morgan fingerprint density at radius 1 is 1.29 bits per heavy atom. The van der Waals surface area contributed by atoms with Crippen LogP contribution in [0.3, 0.4) is 0 Å². The van der Waals surface area contributed by atoms with E-state index in [1.165, 1.54) is 6.20 Å². The number of benzene rings is 1. The lowest BCUT2D eigenvalue weighted by Gasteiger charge is -2.08. The first-order valence-electron chi connectivity index (χ1n) is 5.08. The molecule has 0 radical (unpaired) electrons. The largest absolute Gasteiger partial charge is 0.326 e. The van der Waals surface area contributed by atoms with Crippen molar-refractivity contribution in [3.63, 3.8) is 0 Å². The Kier molecular flexibility index (Phi) is 3.38. The van der Waals surface area contributed by atoms with Gasteiger partial charge in [-0.05, 0) is 29.3 Å². The van der Waals surface area contributed by atoms with Crippen molar-refractivity contribution in [2.24, 2.45) is 5.73 Å². The molecule has 0 amide bonds. The van der Waals surface area contributed by atoms with Gasteiger partial charge in [-0.1, -0.05) is 17.7 Å². The van der Waals surface area contributed by atoms with Crippen molar-refractivity contribution in [3.8, 4) is 17.2 Å². The number of rotatable bonds is 2. The monoisotopic (exact) mass is 243 g/mol. The molecule has 2 aromatic rings. The number of aromatic nitrogens is 1. The molecule has 0 saturated carbocycles. The summed E-state index contributed by atoms with van der Waals surface area (Å²) in [6, 6.07) is 9.37. The Labute approximate surface area is 104 Å². The SMILES string of the molecule is N#Cc1cncc(-c2ccc(Cl)cc2CN)c1. The quantitative estimate of drug-likeness (QED) is 0.882. The Morgan fingerprint density at radius 3 is 2.82 bits per heavy atom. The minimum absolute atomic E-state index is 0.396. The van der Waals surface area contributed by atoms with Crippen molar-refractivity contribution in [1.82, 2.24) is 4.98 Å². The molecule has 0 unspecified atom stereocenters. The summed E-state index contributed by atoms with van der Waals surface area (Å²) in [5.41, 5.74) is 8.99. The van der Waals surface area contributed by atoms with E-state index in [2.05, 4.69) is 11.1 Å². The maximum absolute atomic E-state index is 8.84. The molecular weight excluding hydrogens is 234 g/mol. The van der Waals surface area contributed by atoms with Crippen LogP contribution in [-0.4, -0.2) is 4.98 Å². The zero-order valence-corrected chi connectivity index (χ0v) is 9.78. The molecule has 0 fully saturated rings. The molecular formula is C13H10ClN3. The third-order valence-electron chi connectivity index (χ3n) is 2.47. The summed E-state index contributed by atoms with van der Waals surface area (Å²) >= 11 is 5.92. The van der Waals surface area contributed by atoms with Gasteiger partial charge in [0.1, 0.15) is 6.07 Å². The molecule has 0 aliphatic carbocycles. The number of nitrogens with zero attached hydrogens (tertiary/aromatic N) is 2. The van der Waals surface area contributed by atoms with Crippen LogP contribution in [0.2, 0.25) is 5.02 Å². The smallest absolute Gasteiger partial charge is 0.101 e. The van der Waals surface area contributed by atoms with Crippen LogP contribution in [0.5, 0.6) is 0 Å². The van der Waals surface area contributed by atoms with Crippen LogP contribution in [0, 0.1) is 11.3 Å². The number of halogens is 1. The van der Waals surface area contributed by atoms with E-state index >= 15 is 0 Å². The number of nitriles is 1. The summed E-state index contributed by atoms with van der Waals surface area (Å²) in [5, 5.41) is 9.50. The van der Waals surface area contributed by atoms with Crippen molar-refractivity contribution in [1.29, 1.82) is 5.26 Å². The van der Waals surface area contributed by atoms with Gasteiger partial charge >= 0.3 is 0 Å². The molecule has 2 N–H and O–H groups in total. The van der Waals surface area contributed by atoms with Crippen LogP contribution in [0.15, 0.2) is 36.7 Å². The Hall–Kier alpha value is -1.89. The molecule has 0 bridgehead atoms. The van der Waals surface area contributed by atoms with Gasteiger partial charge < -0.3 is 5.73 Å². The molecule has 84 valence electrons. The van der Waals surface area contributed by atoms with Gasteiger partial charge in [0, 0.05) is 29.5 Å². The first kappa shape index (κ1) is 11.6. The van der Waals surface area contributed by atoms with Gasteiger partial charge in [0.25, 0.3) is 0 Å². The van der Waals surface area contributed by atoms with Crippen LogP contribution < -0.4 is 5.73 Å². The second-order valence-electron chi connectivity index (χ2n) is 3.58. The topological polar surface area (TPSA) is 62.7 Å². The van der Waals surface area contributed by atoms with E-state index in [0.29, 0.717) is 17.1 Å². The highest BCUT2D eigenvalue weighted by Gasteiger charge is 2.06. The lowest BCUT2D eigenvalue weighted by atomic mass is 10.0. The zero-order chi connectivity index (χ0) is 12.3. The predicted octanol–water partition coefficient (Wildman–Crippen LogP) is 2.73. The minimum atomic E-state index is 0.396. The second-order valence-corrected chi connectivity index (χ2v) is 4.02. The molecule has 4 heteroatoms. The molecule has 0 aliphatic heterocycles. The van der Waals surface area contributed by atoms with E-state index in [1.54, 1.807) is 18.3 Å². The molecule has 0 aliphatic rings. The van der Waals surface area contributed by atoms with Crippen molar-refractivity contribution >= 4 is 11.6 Å². The van der Waals surface area contributed by atoms with Crippen molar-refractivity contribution in [3.05, 3.63) is 52.8 Å². The van der Waals surface area contributed by atoms with Crippen molar-refractivity contribution < 1.29 is 0 Å². The van der Waals surface area contributed by atoms with E-state index < -0.39 is 0 Å². The summed E-state index contributed by atoms with van der Waals surface area (Å²) in [7, 11) is 0. The summed E-state index contributed by atoms with van der Waals surface area (Å²) in [5.74, 6) is 0. The van der Waals surface area contributed by atoms with Crippen LogP contribution in [0.1, 0.15) is 11.1 Å². The fourth-order valence-electron chi connectivity index (χ4n) is 1.66. The summed E-state index contributed by atoms with van der Waals surface area (Å²) in [6.07, 6.45) is 3.24. The van der Waals surface area contributed by atoms with Crippen LogP contribution in [0.25, 0.3) is 11.1 Å². The second kappa shape index (κ2) is 4.96.